The highest BCUT2D eigenvalue weighted by Crippen LogP contribution is 2.69. The van der Waals surface area contributed by atoms with Crippen molar-refractivity contribution in [1.82, 2.24) is 0 Å². The van der Waals surface area contributed by atoms with Crippen molar-refractivity contribution in [3.8, 4) is 0 Å². The molecule has 2 bridgehead atoms. The van der Waals surface area contributed by atoms with E-state index in [2.05, 4.69) is 20.8 Å². The fourth-order valence-electron chi connectivity index (χ4n) is 4.21. The minimum absolute atomic E-state index is 0.0116. The summed E-state index contributed by atoms with van der Waals surface area (Å²) in [5, 5.41) is 20.6. The van der Waals surface area contributed by atoms with Crippen molar-refractivity contribution in [3.05, 3.63) is 0 Å². The zero-order valence-corrected chi connectivity index (χ0v) is 10.5. The fraction of sp³-hybridized carbons (Fsp3) is 1.00. The lowest BCUT2D eigenvalue weighted by atomic mass is 9.70. The third-order valence-electron chi connectivity index (χ3n) is 5.62. The summed E-state index contributed by atoms with van der Waals surface area (Å²) in [6.45, 7) is 10.4. The summed E-state index contributed by atoms with van der Waals surface area (Å²) in [7, 11) is 0. The number of fused-ring (bicyclic) bond motifs is 2. The molecule has 0 aromatic carbocycles. The van der Waals surface area contributed by atoms with Crippen LogP contribution in [-0.2, 0) is 0 Å². The average molecular weight is 212 g/mol. The van der Waals surface area contributed by atoms with E-state index < -0.39 is 5.60 Å². The molecule has 2 saturated carbocycles. The van der Waals surface area contributed by atoms with Crippen molar-refractivity contribution in [3.63, 3.8) is 0 Å². The van der Waals surface area contributed by atoms with Gasteiger partial charge in [0.15, 0.2) is 0 Å². The second-order valence-electron chi connectivity index (χ2n) is 6.91. The lowest BCUT2D eigenvalue weighted by Crippen LogP contribution is -2.45. The third-order valence-corrected chi connectivity index (χ3v) is 5.62. The van der Waals surface area contributed by atoms with Gasteiger partial charge in [0.25, 0.3) is 0 Å². The van der Waals surface area contributed by atoms with E-state index in [1.54, 1.807) is 0 Å². The van der Waals surface area contributed by atoms with Crippen molar-refractivity contribution >= 4 is 0 Å². The van der Waals surface area contributed by atoms with Crippen LogP contribution < -0.4 is 0 Å². The Labute approximate surface area is 92.7 Å². The van der Waals surface area contributed by atoms with Gasteiger partial charge in [-0.05, 0) is 43.4 Å². The quantitative estimate of drug-likeness (QED) is 0.699. The molecule has 2 aliphatic carbocycles. The molecule has 2 nitrogen and oxygen atoms in total. The van der Waals surface area contributed by atoms with Gasteiger partial charge >= 0.3 is 0 Å². The lowest BCUT2D eigenvalue weighted by molar-refractivity contribution is -0.0886. The largest absolute Gasteiger partial charge is 0.392 e. The molecular weight excluding hydrogens is 188 g/mol. The van der Waals surface area contributed by atoms with E-state index in [0.717, 1.165) is 12.8 Å². The van der Waals surface area contributed by atoms with Gasteiger partial charge in [-0.15, -0.1) is 0 Å². The fourth-order valence-corrected chi connectivity index (χ4v) is 4.21. The first-order valence-electron chi connectivity index (χ1n) is 6.03. The van der Waals surface area contributed by atoms with Crippen LogP contribution in [0.15, 0.2) is 0 Å². The Morgan fingerprint density at radius 3 is 2.00 bits per heavy atom. The molecule has 15 heavy (non-hydrogen) atoms. The molecule has 0 aliphatic heterocycles. The van der Waals surface area contributed by atoms with Crippen LogP contribution >= 0.6 is 0 Å². The molecule has 4 unspecified atom stereocenters. The van der Waals surface area contributed by atoms with Gasteiger partial charge in [0.05, 0.1) is 11.7 Å². The molecule has 0 aromatic rings. The van der Waals surface area contributed by atoms with Crippen molar-refractivity contribution in [2.24, 2.45) is 22.7 Å². The average Bonchev–Trinajstić information content (AvgIpc) is 2.33. The Hall–Kier alpha value is -0.0800. The minimum Gasteiger partial charge on any atom is -0.392 e. The van der Waals surface area contributed by atoms with Crippen LogP contribution in [0.2, 0.25) is 0 Å². The van der Waals surface area contributed by atoms with Crippen molar-refractivity contribution in [1.29, 1.82) is 0 Å². The molecule has 0 radical (unpaired) electrons. The van der Waals surface area contributed by atoms with Gasteiger partial charge in [0.1, 0.15) is 0 Å². The predicted octanol–water partition coefficient (Wildman–Crippen LogP) is 2.19. The molecule has 2 fully saturated rings. The maximum Gasteiger partial charge on any atom is 0.0657 e. The van der Waals surface area contributed by atoms with Crippen LogP contribution in [0.25, 0.3) is 0 Å². The zero-order valence-electron chi connectivity index (χ0n) is 10.5. The van der Waals surface area contributed by atoms with Crippen molar-refractivity contribution < 1.29 is 10.2 Å². The SMILES string of the molecule is CC(C)(O)C1C2CCC(C)(C1O)C2(C)C. The highest BCUT2D eigenvalue weighted by Gasteiger charge is 2.68. The van der Waals surface area contributed by atoms with Gasteiger partial charge in [-0.2, -0.15) is 0 Å². The third kappa shape index (κ3) is 1.18. The molecule has 2 N–H and O–H groups in total. The van der Waals surface area contributed by atoms with Gasteiger partial charge in [0, 0.05) is 5.92 Å². The minimum atomic E-state index is -0.764. The zero-order chi connectivity index (χ0) is 11.6. The van der Waals surface area contributed by atoms with Crippen LogP contribution in [0.5, 0.6) is 0 Å². The van der Waals surface area contributed by atoms with E-state index in [-0.39, 0.29) is 22.9 Å². The monoisotopic (exact) mass is 212 g/mol. The second kappa shape index (κ2) is 2.78. The first-order chi connectivity index (χ1) is 6.62. The molecule has 88 valence electrons. The Bertz CT molecular complexity index is 277. The maximum absolute atomic E-state index is 10.4. The van der Waals surface area contributed by atoms with E-state index >= 15 is 0 Å². The van der Waals surface area contributed by atoms with Crippen LogP contribution in [0.1, 0.15) is 47.5 Å². The Balaban J connectivity index is 2.43. The van der Waals surface area contributed by atoms with Crippen LogP contribution in [0.4, 0.5) is 0 Å². The Kier molecular flexibility index (Phi) is 2.11. The van der Waals surface area contributed by atoms with Gasteiger partial charge in [-0.25, -0.2) is 0 Å². The van der Waals surface area contributed by atoms with Gasteiger partial charge < -0.3 is 10.2 Å². The Morgan fingerprint density at radius 2 is 1.73 bits per heavy atom. The summed E-state index contributed by atoms with van der Waals surface area (Å²) in [6.07, 6.45) is 1.89. The first-order valence-corrected chi connectivity index (χ1v) is 6.03. The molecule has 0 heterocycles. The Morgan fingerprint density at radius 1 is 1.20 bits per heavy atom. The molecule has 2 rings (SSSR count). The standard InChI is InChI=1S/C13H24O2/c1-11(2)8-6-7-13(11,5)10(14)9(8)12(3,4)15/h8-10,14-15H,6-7H2,1-5H3. The summed E-state index contributed by atoms with van der Waals surface area (Å²) in [6, 6.07) is 0. The predicted molar refractivity (Wildman–Crippen MR) is 60.4 cm³/mol. The summed E-state index contributed by atoms with van der Waals surface area (Å²) in [5.41, 5.74) is -0.626. The summed E-state index contributed by atoms with van der Waals surface area (Å²) in [5.74, 6) is 0.490. The maximum atomic E-state index is 10.4. The molecule has 0 aromatic heterocycles. The second-order valence-corrected chi connectivity index (χ2v) is 6.91. The topological polar surface area (TPSA) is 40.5 Å². The highest BCUT2D eigenvalue weighted by atomic mass is 16.3. The molecule has 0 saturated heterocycles. The van der Waals surface area contributed by atoms with Gasteiger partial charge in [0.2, 0.25) is 0 Å². The number of hydrogen-bond acceptors (Lipinski definition) is 2. The number of rotatable bonds is 1. The molecule has 4 atom stereocenters. The molecule has 0 amide bonds. The van der Waals surface area contributed by atoms with Crippen LogP contribution in [-0.4, -0.2) is 21.9 Å². The normalized spacial score (nSPS) is 48.6. The highest BCUT2D eigenvalue weighted by molar-refractivity contribution is 5.16. The molecule has 2 aliphatic rings. The lowest BCUT2D eigenvalue weighted by Gasteiger charge is -2.40. The van der Waals surface area contributed by atoms with E-state index in [1.165, 1.54) is 0 Å². The van der Waals surface area contributed by atoms with E-state index in [0.29, 0.717) is 5.92 Å². The van der Waals surface area contributed by atoms with Gasteiger partial charge in [-0.1, -0.05) is 20.8 Å². The summed E-state index contributed by atoms with van der Waals surface area (Å²) < 4.78 is 0. The molecule has 2 heteroatoms. The first kappa shape index (κ1) is 11.4. The number of hydrogen-bond donors (Lipinski definition) is 2. The summed E-state index contributed by atoms with van der Waals surface area (Å²) >= 11 is 0. The van der Waals surface area contributed by atoms with Crippen molar-refractivity contribution in [2.75, 3.05) is 0 Å². The van der Waals surface area contributed by atoms with Crippen LogP contribution in [0, 0.1) is 22.7 Å². The van der Waals surface area contributed by atoms with E-state index in [9.17, 15) is 10.2 Å². The number of aliphatic hydroxyl groups is 2. The smallest absolute Gasteiger partial charge is 0.0657 e. The molecular formula is C13H24O2. The number of aliphatic hydroxyl groups excluding tert-OH is 1. The summed E-state index contributed by atoms with van der Waals surface area (Å²) in [4.78, 5) is 0. The van der Waals surface area contributed by atoms with E-state index in [4.69, 9.17) is 0 Å². The molecule has 0 spiro atoms. The van der Waals surface area contributed by atoms with E-state index in [1.807, 2.05) is 13.8 Å². The van der Waals surface area contributed by atoms with Crippen molar-refractivity contribution in [2.45, 2.75) is 59.2 Å². The van der Waals surface area contributed by atoms with Crippen LogP contribution in [0.3, 0.4) is 0 Å². The van der Waals surface area contributed by atoms with Gasteiger partial charge in [-0.3, -0.25) is 0 Å².